The molecule has 0 aromatic heterocycles. The zero-order valence-corrected chi connectivity index (χ0v) is 39.9. The molecule has 0 aromatic carbocycles. The Morgan fingerprint density at radius 3 is 1.05 bits per heavy atom. The van der Waals surface area contributed by atoms with E-state index in [4.69, 9.17) is 14.2 Å². The van der Waals surface area contributed by atoms with Gasteiger partial charge in [-0.2, -0.15) is 0 Å². The van der Waals surface area contributed by atoms with Gasteiger partial charge in [-0.1, -0.05) is 190 Å². The summed E-state index contributed by atoms with van der Waals surface area (Å²) >= 11 is 0. The fourth-order valence-electron chi connectivity index (χ4n) is 6.90. The Labute approximate surface area is 376 Å². The molecule has 0 fully saturated rings. The van der Waals surface area contributed by atoms with Gasteiger partial charge in [-0.25, -0.2) is 0 Å². The Balaban J connectivity index is 4.33. The van der Waals surface area contributed by atoms with Gasteiger partial charge in [0.1, 0.15) is 13.2 Å². The van der Waals surface area contributed by atoms with E-state index in [9.17, 15) is 14.4 Å². The fraction of sp³-hybridized carbons (Fsp3) is 0.727. The molecular formula is C55H94O6. The van der Waals surface area contributed by atoms with Crippen LogP contribution in [0.15, 0.2) is 72.9 Å². The minimum atomic E-state index is -0.791. The number of allylic oxidation sites excluding steroid dienone is 12. The first-order chi connectivity index (χ1) is 30.0. The molecular weight excluding hydrogens is 757 g/mol. The molecule has 0 N–H and O–H groups in total. The molecule has 6 nitrogen and oxygen atoms in total. The third kappa shape index (κ3) is 47.7. The molecule has 0 radical (unpaired) electrons. The Hall–Kier alpha value is -3.15. The van der Waals surface area contributed by atoms with Crippen molar-refractivity contribution >= 4 is 17.9 Å². The summed E-state index contributed by atoms with van der Waals surface area (Å²) in [5.74, 6) is -0.938. The Bertz CT molecular complexity index is 1160. The van der Waals surface area contributed by atoms with Crippen LogP contribution in [-0.2, 0) is 28.6 Å². The smallest absolute Gasteiger partial charge is 0.306 e. The van der Waals surface area contributed by atoms with Crippen molar-refractivity contribution in [1.82, 2.24) is 0 Å². The second kappa shape index (κ2) is 49.5. The summed E-state index contributed by atoms with van der Waals surface area (Å²) in [4.78, 5) is 37.9. The van der Waals surface area contributed by atoms with E-state index >= 15 is 0 Å². The number of ether oxygens (including phenoxy) is 3. The van der Waals surface area contributed by atoms with Gasteiger partial charge in [-0.3, -0.25) is 14.4 Å². The van der Waals surface area contributed by atoms with Crippen LogP contribution in [-0.4, -0.2) is 37.2 Å². The normalized spacial score (nSPS) is 12.6. The average molecular weight is 851 g/mol. The molecule has 1 unspecified atom stereocenters. The molecule has 0 rings (SSSR count). The van der Waals surface area contributed by atoms with Gasteiger partial charge < -0.3 is 14.2 Å². The summed E-state index contributed by atoms with van der Waals surface area (Å²) in [5, 5.41) is 0. The SMILES string of the molecule is CC/C=C\C/C=C\C/C=C\CCCCCCCCCCCC(=O)OCC(COC(=O)CCCC/C=C\C/C=C\CC)OC(=O)CCCCCCCCC/C=C\CCCCCC. The van der Waals surface area contributed by atoms with Gasteiger partial charge in [0, 0.05) is 19.3 Å². The van der Waals surface area contributed by atoms with Crippen molar-refractivity contribution in [2.24, 2.45) is 0 Å². The molecule has 0 saturated heterocycles. The molecule has 0 heterocycles. The van der Waals surface area contributed by atoms with Crippen LogP contribution in [0.3, 0.4) is 0 Å². The van der Waals surface area contributed by atoms with Gasteiger partial charge in [-0.15, -0.1) is 0 Å². The van der Waals surface area contributed by atoms with E-state index in [1.807, 2.05) is 0 Å². The first kappa shape index (κ1) is 57.9. The van der Waals surface area contributed by atoms with Crippen molar-refractivity contribution in [3.05, 3.63) is 72.9 Å². The zero-order chi connectivity index (χ0) is 44.4. The van der Waals surface area contributed by atoms with Crippen LogP contribution in [0.25, 0.3) is 0 Å². The van der Waals surface area contributed by atoms with Crippen LogP contribution < -0.4 is 0 Å². The van der Waals surface area contributed by atoms with Crippen LogP contribution in [0.2, 0.25) is 0 Å². The lowest BCUT2D eigenvalue weighted by molar-refractivity contribution is -0.167. The maximum Gasteiger partial charge on any atom is 0.306 e. The summed E-state index contributed by atoms with van der Waals surface area (Å²) in [6.07, 6.45) is 61.8. The van der Waals surface area contributed by atoms with Crippen LogP contribution >= 0.6 is 0 Å². The third-order valence-electron chi connectivity index (χ3n) is 10.7. The summed E-state index contributed by atoms with van der Waals surface area (Å²) in [6.45, 7) is 6.35. The van der Waals surface area contributed by atoms with Gasteiger partial charge >= 0.3 is 17.9 Å². The molecule has 0 aromatic rings. The van der Waals surface area contributed by atoms with Gasteiger partial charge in [0.2, 0.25) is 0 Å². The number of carbonyl (C=O) groups is 3. The van der Waals surface area contributed by atoms with E-state index in [0.29, 0.717) is 19.3 Å². The number of hydrogen-bond acceptors (Lipinski definition) is 6. The highest BCUT2D eigenvalue weighted by Gasteiger charge is 2.19. The maximum absolute atomic E-state index is 12.8. The molecule has 0 aliphatic rings. The first-order valence-electron chi connectivity index (χ1n) is 25.4. The largest absolute Gasteiger partial charge is 0.462 e. The van der Waals surface area contributed by atoms with Gasteiger partial charge in [-0.05, 0) is 103 Å². The highest BCUT2D eigenvalue weighted by Crippen LogP contribution is 2.14. The minimum Gasteiger partial charge on any atom is -0.462 e. The number of hydrogen-bond donors (Lipinski definition) is 0. The number of carbonyl (C=O) groups excluding carboxylic acids is 3. The molecule has 61 heavy (non-hydrogen) atoms. The molecule has 6 heteroatoms. The monoisotopic (exact) mass is 851 g/mol. The standard InChI is InChI=1S/C55H94O6/c1-4-7-10-13-16-19-21-23-25-26-27-28-30-31-33-36-39-42-45-48-54(57)60-51-52(50-59-53(56)47-44-41-38-35-18-15-12-9-6-3)61-55(58)49-46-43-40-37-34-32-29-24-22-20-17-14-11-8-5-2/h7,9-10,12,16,18-20,22-23,25,35,52H,4-6,8,11,13-15,17,21,24,26-34,36-51H2,1-3H3/b10-7-,12-9-,19-16-,22-20-,25-23-,35-18-. The van der Waals surface area contributed by atoms with Crippen molar-refractivity contribution in [3.63, 3.8) is 0 Å². The predicted molar refractivity (Wildman–Crippen MR) is 261 cm³/mol. The fourth-order valence-corrected chi connectivity index (χ4v) is 6.90. The number of esters is 3. The second-order valence-electron chi connectivity index (χ2n) is 16.7. The van der Waals surface area contributed by atoms with Gasteiger partial charge in [0.15, 0.2) is 6.10 Å². The highest BCUT2D eigenvalue weighted by atomic mass is 16.6. The van der Waals surface area contributed by atoms with Crippen molar-refractivity contribution in [2.45, 2.75) is 245 Å². The van der Waals surface area contributed by atoms with Crippen LogP contribution in [0.5, 0.6) is 0 Å². The van der Waals surface area contributed by atoms with E-state index in [2.05, 4.69) is 93.7 Å². The van der Waals surface area contributed by atoms with E-state index in [0.717, 1.165) is 89.9 Å². The van der Waals surface area contributed by atoms with E-state index < -0.39 is 6.10 Å². The lowest BCUT2D eigenvalue weighted by Crippen LogP contribution is -2.30. The molecule has 0 aliphatic carbocycles. The lowest BCUT2D eigenvalue weighted by Gasteiger charge is -2.18. The average Bonchev–Trinajstić information content (AvgIpc) is 3.26. The van der Waals surface area contributed by atoms with Crippen LogP contribution in [0, 0.1) is 0 Å². The molecule has 350 valence electrons. The summed E-state index contributed by atoms with van der Waals surface area (Å²) in [5.41, 5.74) is 0. The maximum atomic E-state index is 12.8. The number of rotatable bonds is 45. The van der Waals surface area contributed by atoms with Gasteiger partial charge in [0.25, 0.3) is 0 Å². The zero-order valence-electron chi connectivity index (χ0n) is 39.9. The van der Waals surface area contributed by atoms with E-state index in [1.165, 1.54) is 109 Å². The Kier molecular flexibility index (Phi) is 46.9. The Morgan fingerprint density at radius 1 is 0.344 bits per heavy atom. The summed E-state index contributed by atoms with van der Waals surface area (Å²) < 4.78 is 16.7. The first-order valence-corrected chi connectivity index (χ1v) is 25.4. The lowest BCUT2D eigenvalue weighted by atomic mass is 10.1. The van der Waals surface area contributed by atoms with Crippen molar-refractivity contribution in [1.29, 1.82) is 0 Å². The second-order valence-corrected chi connectivity index (χ2v) is 16.7. The summed E-state index contributed by atoms with van der Waals surface area (Å²) in [6, 6.07) is 0. The molecule has 1 atom stereocenters. The van der Waals surface area contributed by atoms with Crippen molar-refractivity contribution in [3.8, 4) is 0 Å². The highest BCUT2D eigenvalue weighted by molar-refractivity contribution is 5.71. The topological polar surface area (TPSA) is 78.9 Å². The quantitative estimate of drug-likeness (QED) is 0.0263. The van der Waals surface area contributed by atoms with Crippen LogP contribution in [0.1, 0.15) is 239 Å². The van der Waals surface area contributed by atoms with E-state index in [1.54, 1.807) is 0 Å². The molecule has 0 spiro atoms. The van der Waals surface area contributed by atoms with Crippen LogP contribution in [0.4, 0.5) is 0 Å². The van der Waals surface area contributed by atoms with Crippen molar-refractivity contribution in [2.75, 3.05) is 13.2 Å². The molecule has 0 saturated carbocycles. The number of unbranched alkanes of at least 4 members (excludes halogenated alkanes) is 22. The predicted octanol–water partition coefficient (Wildman–Crippen LogP) is 16.6. The van der Waals surface area contributed by atoms with Gasteiger partial charge in [0.05, 0.1) is 0 Å². The van der Waals surface area contributed by atoms with Crippen molar-refractivity contribution < 1.29 is 28.6 Å². The third-order valence-corrected chi connectivity index (χ3v) is 10.7. The summed E-state index contributed by atoms with van der Waals surface area (Å²) in [7, 11) is 0. The minimum absolute atomic E-state index is 0.0903. The molecule has 0 aliphatic heterocycles. The Morgan fingerprint density at radius 2 is 0.639 bits per heavy atom. The van der Waals surface area contributed by atoms with E-state index in [-0.39, 0.29) is 31.1 Å². The molecule has 0 bridgehead atoms. The molecule has 0 amide bonds.